The van der Waals surface area contributed by atoms with E-state index in [1.54, 1.807) is 41.9 Å². The summed E-state index contributed by atoms with van der Waals surface area (Å²) in [5, 5.41) is 12.6. The molecule has 2 aromatic heterocycles. The molecule has 3 aromatic rings. The minimum absolute atomic E-state index is 0.102. The van der Waals surface area contributed by atoms with Crippen molar-refractivity contribution in [3.8, 4) is 0 Å². The maximum absolute atomic E-state index is 12.2. The van der Waals surface area contributed by atoms with Gasteiger partial charge in [0.05, 0.1) is 24.7 Å². The topological polar surface area (TPSA) is 94.0 Å². The van der Waals surface area contributed by atoms with Crippen molar-refractivity contribution in [1.82, 2.24) is 25.1 Å². The molecule has 1 aromatic carbocycles. The van der Waals surface area contributed by atoms with Crippen molar-refractivity contribution in [1.29, 1.82) is 0 Å². The fraction of sp³-hybridized carbons (Fsp3) is 0.400. The number of hydrogen-bond donors (Lipinski definition) is 2. The van der Waals surface area contributed by atoms with Gasteiger partial charge in [-0.2, -0.15) is 5.10 Å². The van der Waals surface area contributed by atoms with E-state index in [0.717, 1.165) is 16.9 Å². The second-order valence-corrected chi connectivity index (χ2v) is 8.21. The average Bonchev–Trinajstić information content (AvgIpc) is 3.11. The number of fused-ring (bicyclic) bond motifs is 1. The quantitative estimate of drug-likeness (QED) is 0.299. The highest BCUT2D eigenvalue weighted by Crippen LogP contribution is 2.26. The van der Waals surface area contributed by atoms with Crippen molar-refractivity contribution in [2.24, 2.45) is 0 Å². The zero-order chi connectivity index (χ0) is 20.6. The van der Waals surface area contributed by atoms with Gasteiger partial charge in [-0.1, -0.05) is 43.8 Å². The minimum Gasteiger partial charge on any atom is -0.383 e. The van der Waals surface area contributed by atoms with Crippen LogP contribution in [0.2, 0.25) is 0 Å². The van der Waals surface area contributed by atoms with Gasteiger partial charge in [-0.25, -0.2) is 14.6 Å². The van der Waals surface area contributed by atoms with Crippen LogP contribution in [0.5, 0.6) is 0 Å². The van der Waals surface area contributed by atoms with Crippen molar-refractivity contribution in [2.45, 2.75) is 30.8 Å². The number of nitrogens with zero attached hydrogens (tertiary/aromatic N) is 4. The fourth-order valence-electron chi connectivity index (χ4n) is 2.74. The molecule has 0 radical (unpaired) electrons. The number of nitrogens with one attached hydrogen (secondary N) is 2. The summed E-state index contributed by atoms with van der Waals surface area (Å²) in [6.07, 6.45) is 1.76. The Balaban J connectivity index is 1.75. The predicted molar refractivity (Wildman–Crippen MR) is 115 cm³/mol. The van der Waals surface area contributed by atoms with Gasteiger partial charge in [0, 0.05) is 31.0 Å². The minimum atomic E-state index is -0.102. The van der Waals surface area contributed by atoms with Gasteiger partial charge < -0.3 is 15.4 Å². The summed E-state index contributed by atoms with van der Waals surface area (Å²) >= 11 is 1.60. The summed E-state index contributed by atoms with van der Waals surface area (Å²) in [7, 11) is 1.67. The zero-order valence-corrected chi connectivity index (χ0v) is 17.7. The lowest BCUT2D eigenvalue weighted by atomic mass is 10.2. The molecule has 9 heteroatoms. The van der Waals surface area contributed by atoms with Gasteiger partial charge in [0.1, 0.15) is 5.82 Å². The second-order valence-electron chi connectivity index (χ2n) is 6.67. The number of methoxy groups -OCH3 is 1. The number of amides is 1. The monoisotopic (exact) mass is 414 g/mol. The van der Waals surface area contributed by atoms with E-state index in [1.165, 1.54) is 0 Å². The number of benzene rings is 1. The lowest BCUT2D eigenvalue weighted by Crippen LogP contribution is -2.27. The van der Waals surface area contributed by atoms with Gasteiger partial charge >= 0.3 is 0 Å². The van der Waals surface area contributed by atoms with Gasteiger partial charge in [0.15, 0.2) is 10.8 Å². The third kappa shape index (κ3) is 5.68. The SMILES string of the molecule is COCCNc1nc(SC(C)C)nc2c1cnn2CCNC(=O)c1ccccc1. The van der Waals surface area contributed by atoms with Gasteiger partial charge in [-0.3, -0.25) is 4.79 Å². The molecule has 1 amide bonds. The summed E-state index contributed by atoms with van der Waals surface area (Å²) in [5.41, 5.74) is 1.39. The van der Waals surface area contributed by atoms with E-state index < -0.39 is 0 Å². The first-order chi connectivity index (χ1) is 14.1. The fourth-order valence-corrected chi connectivity index (χ4v) is 3.44. The zero-order valence-electron chi connectivity index (χ0n) is 16.9. The Bertz CT molecular complexity index is 945. The standard InChI is InChI=1S/C20H26N6O2S/c1-14(2)29-20-24-17(21-10-12-28-3)16-13-23-26(18(16)25-20)11-9-22-19(27)15-7-5-4-6-8-15/h4-8,13-14H,9-12H2,1-3H3,(H,22,27)(H,21,24,25). The first-order valence-electron chi connectivity index (χ1n) is 9.54. The van der Waals surface area contributed by atoms with E-state index in [0.29, 0.717) is 42.2 Å². The summed E-state index contributed by atoms with van der Waals surface area (Å²) in [5.74, 6) is 0.643. The number of rotatable bonds is 10. The summed E-state index contributed by atoms with van der Waals surface area (Å²) in [6, 6.07) is 9.16. The van der Waals surface area contributed by atoms with Crippen LogP contribution in [-0.4, -0.2) is 57.7 Å². The van der Waals surface area contributed by atoms with E-state index in [-0.39, 0.29) is 5.91 Å². The molecule has 0 atom stereocenters. The number of aromatic nitrogens is 4. The van der Waals surface area contributed by atoms with E-state index in [1.807, 2.05) is 18.2 Å². The van der Waals surface area contributed by atoms with Crippen molar-refractivity contribution < 1.29 is 9.53 Å². The van der Waals surface area contributed by atoms with Crippen molar-refractivity contribution >= 4 is 34.5 Å². The van der Waals surface area contributed by atoms with E-state index >= 15 is 0 Å². The average molecular weight is 415 g/mol. The third-order valence-corrected chi connectivity index (χ3v) is 4.93. The van der Waals surface area contributed by atoms with Crippen molar-refractivity contribution in [3.05, 3.63) is 42.1 Å². The molecule has 3 rings (SSSR count). The maximum atomic E-state index is 12.2. The van der Waals surface area contributed by atoms with Crippen LogP contribution in [0.3, 0.4) is 0 Å². The van der Waals surface area contributed by atoms with Gasteiger partial charge in [-0.15, -0.1) is 0 Å². The Morgan fingerprint density at radius 3 is 2.72 bits per heavy atom. The summed E-state index contributed by atoms with van der Waals surface area (Å²) < 4.78 is 6.92. The van der Waals surface area contributed by atoms with Crippen LogP contribution >= 0.6 is 11.8 Å². The molecule has 29 heavy (non-hydrogen) atoms. The Morgan fingerprint density at radius 1 is 1.21 bits per heavy atom. The van der Waals surface area contributed by atoms with E-state index in [2.05, 4.69) is 39.5 Å². The highest BCUT2D eigenvalue weighted by molar-refractivity contribution is 7.99. The highest BCUT2D eigenvalue weighted by atomic mass is 32.2. The molecule has 0 bridgehead atoms. The lowest BCUT2D eigenvalue weighted by Gasteiger charge is -2.10. The Kier molecular flexibility index (Phi) is 7.42. The number of carbonyl (C=O) groups excluding carboxylic acids is 1. The second kappa shape index (κ2) is 10.2. The van der Waals surface area contributed by atoms with Crippen LogP contribution < -0.4 is 10.6 Å². The highest BCUT2D eigenvalue weighted by Gasteiger charge is 2.14. The smallest absolute Gasteiger partial charge is 0.251 e. The molecule has 2 heterocycles. The van der Waals surface area contributed by atoms with Crippen molar-refractivity contribution in [2.75, 3.05) is 32.1 Å². The van der Waals surface area contributed by atoms with Crippen LogP contribution in [0.4, 0.5) is 5.82 Å². The van der Waals surface area contributed by atoms with Crippen LogP contribution in [-0.2, 0) is 11.3 Å². The first-order valence-corrected chi connectivity index (χ1v) is 10.4. The molecule has 0 aliphatic carbocycles. The summed E-state index contributed by atoms with van der Waals surface area (Å²) in [6.45, 7) is 6.40. The van der Waals surface area contributed by atoms with Gasteiger partial charge in [0.2, 0.25) is 0 Å². The molecule has 0 aliphatic heterocycles. The Morgan fingerprint density at radius 2 is 2.00 bits per heavy atom. The molecule has 8 nitrogen and oxygen atoms in total. The maximum Gasteiger partial charge on any atom is 0.251 e. The molecule has 0 aliphatic rings. The molecule has 0 fully saturated rings. The van der Waals surface area contributed by atoms with Crippen LogP contribution in [0.15, 0.2) is 41.7 Å². The number of anilines is 1. The van der Waals surface area contributed by atoms with Gasteiger partial charge in [-0.05, 0) is 12.1 Å². The molecule has 154 valence electrons. The number of thioether (sulfide) groups is 1. The predicted octanol–water partition coefficient (Wildman–Crippen LogP) is 2.82. The Hall–Kier alpha value is -2.65. The molecular weight excluding hydrogens is 388 g/mol. The van der Waals surface area contributed by atoms with Gasteiger partial charge in [0.25, 0.3) is 5.91 Å². The van der Waals surface area contributed by atoms with Crippen LogP contribution in [0.1, 0.15) is 24.2 Å². The van der Waals surface area contributed by atoms with Crippen LogP contribution in [0, 0.1) is 0 Å². The molecule has 0 saturated carbocycles. The molecule has 0 spiro atoms. The van der Waals surface area contributed by atoms with Crippen molar-refractivity contribution in [3.63, 3.8) is 0 Å². The first kappa shape index (κ1) is 21.1. The molecule has 2 N–H and O–H groups in total. The normalized spacial score (nSPS) is 11.2. The van der Waals surface area contributed by atoms with E-state index in [9.17, 15) is 4.79 Å². The Labute approximate surface area is 174 Å². The number of ether oxygens (including phenoxy) is 1. The lowest BCUT2D eigenvalue weighted by molar-refractivity contribution is 0.0952. The molecule has 0 saturated heterocycles. The largest absolute Gasteiger partial charge is 0.383 e. The van der Waals surface area contributed by atoms with E-state index in [4.69, 9.17) is 4.74 Å². The third-order valence-electron chi connectivity index (χ3n) is 4.06. The van der Waals surface area contributed by atoms with Crippen LogP contribution in [0.25, 0.3) is 11.0 Å². The number of carbonyl (C=O) groups is 1. The molecular formula is C20H26N6O2S. The molecule has 0 unspecified atom stereocenters. The summed E-state index contributed by atoms with van der Waals surface area (Å²) in [4.78, 5) is 21.5. The number of hydrogen-bond acceptors (Lipinski definition) is 7.